The third-order valence-corrected chi connectivity index (χ3v) is 4.21. The Morgan fingerprint density at radius 3 is 2.35 bits per heavy atom. The van der Waals surface area contributed by atoms with E-state index in [-0.39, 0.29) is 4.90 Å². The highest BCUT2D eigenvalue weighted by atomic mass is 32.2. The van der Waals surface area contributed by atoms with Crippen molar-refractivity contribution in [3.63, 3.8) is 0 Å². The molecule has 0 radical (unpaired) electrons. The molecule has 0 bridgehead atoms. The van der Waals surface area contributed by atoms with E-state index in [4.69, 9.17) is 0 Å². The van der Waals surface area contributed by atoms with Gasteiger partial charge in [0.2, 0.25) is 0 Å². The first-order valence-electron chi connectivity index (χ1n) is 6.04. The molecule has 0 saturated carbocycles. The van der Waals surface area contributed by atoms with Crippen molar-refractivity contribution in [2.45, 2.75) is 11.4 Å². The van der Waals surface area contributed by atoms with Gasteiger partial charge in [-0.25, -0.2) is 12.8 Å². The van der Waals surface area contributed by atoms with Gasteiger partial charge in [0.05, 0.1) is 4.90 Å². The van der Waals surface area contributed by atoms with Gasteiger partial charge in [-0.15, -0.1) is 0 Å². The molecule has 2 aromatic rings. The Kier molecular flexibility index (Phi) is 4.36. The Morgan fingerprint density at radius 1 is 1.05 bits per heavy atom. The maximum absolute atomic E-state index is 12.8. The minimum atomic E-state index is -3.69. The van der Waals surface area contributed by atoms with Crippen molar-refractivity contribution in [3.8, 4) is 0 Å². The minimum Gasteiger partial charge on any atom is -0.316 e. The summed E-state index contributed by atoms with van der Waals surface area (Å²) in [6.07, 6.45) is 0. The molecule has 0 saturated heterocycles. The predicted molar refractivity (Wildman–Crippen MR) is 76.4 cm³/mol. The number of sulfonamides is 1. The molecular weight excluding hydrogens is 279 g/mol. The largest absolute Gasteiger partial charge is 0.316 e. The van der Waals surface area contributed by atoms with Crippen LogP contribution in [-0.4, -0.2) is 15.5 Å². The Morgan fingerprint density at radius 2 is 1.70 bits per heavy atom. The molecule has 0 amide bonds. The molecule has 106 valence electrons. The SMILES string of the molecule is CNCc1ccccc1S(=O)(=O)Nc1ccc(F)cc1. The molecule has 0 atom stereocenters. The zero-order valence-electron chi connectivity index (χ0n) is 10.9. The molecule has 20 heavy (non-hydrogen) atoms. The first kappa shape index (κ1) is 14.5. The molecule has 0 unspecified atom stereocenters. The van der Waals surface area contributed by atoms with Gasteiger partial charge in [-0.1, -0.05) is 18.2 Å². The average Bonchev–Trinajstić information content (AvgIpc) is 2.42. The van der Waals surface area contributed by atoms with E-state index < -0.39 is 15.8 Å². The summed E-state index contributed by atoms with van der Waals surface area (Å²) in [5.41, 5.74) is 0.996. The topological polar surface area (TPSA) is 58.2 Å². The van der Waals surface area contributed by atoms with E-state index in [0.717, 1.165) is 0 Å². The highest BCUT2D eigenvalue weighted by molar-refractivity contribution is 7.92. The summed E-state index contributed by atoms with van der Waals surface area (Å²) in [6, 6.07) is 11.9. The number of rotatable bonds is 5. The van der Waals surface area contributed by atoms with Crippen LogP contribution in [0, 0.1) is 5.82 Å². The van der Waals surface area contributed by atoms with Crippen molar-refractivity contribution in [2.75, 3.05) is 11.8 Å². The summed E-state index contributed by atoms with van der Waals surface area (Å²) in [6.45, 7) is 0.445. The quantitative estimate of drug-likeness (QED) is 0.890. The van der Waals surface area contributed by atoms with Crippen molar-refractivity contribution < 1.29 is 12.8 Å². The molecule has 0 aromatic heterocycles. The molecule has 0 aliphatic heterocycles. The van der Waals surface area contributed by atoms with Crippen LogP contribution in [0.3, 0.4) is 0 Å². The first-order chi connectivity index (χ1) is 9.53. The molecule has 0 aliphatic carbocycles. The third-order valence-electron chi connectivity index (χ3n) is 2.73. The molecule has 2 aromatic carbocycles. The summed E-state index contributed by atoms with van der Waals surface area (Å²) in [7, 11) is -1.94. The second-order valence-electron chi connectivity index (χ2n) is 4.25. The van der Waals surface area contributed by atoms with Crippen LogP contribution >= 0.6 is 0 Å². The zero-order valence-corrected chi connectivity index (χ0v) is 11.7. The summed E-state index contributed by atoms with van der Waals surface area (Å²) in [5, 5.41) is 2.93. The van der Waals surface area contributed by atoms with Crippen LogP contribution in [0.15, 0.2) is 53.4 Å². The second kappa shape index (κ2) is 6.02. The molecule has 4 nitrogen and oxygen atoms in total. The van der Waals surface area contributed by atoms with Gasteiger partial charge in [0.15, 0.2) is 0 Å². The normalized spacial score (nSPS) is 11.3. The maximum atomic E-state index is 12.8. The van der Waals surface area contributed by atoms with Gasteiger partial charge in [0.25, 0.3) is 10.0 Å². The van der Waals surface area contributed by atoms with Crippen LogP contribution in [0.4, 0.5) is 10.1 Å². The Balaban J connectivity index is 2.33. The van der Waals surface area contributed by atoms with E-state index in [0.29, 0.717) is 17.8 Å². The van der Waals surface area contributed by atoms with Crippen molar-refractivity contribution in [1.82, 2.24) is 5.32 Å². The first-order valence-corrected chi connectivity index (χ1v) is 7.52. The number of anilines is 1. The van der Waals surface area contributed by atoms with Gasteiger partial charge >= 0.3 is 0 Å². The van der Waals surface area contributed by atoms with Crippen molar-refractivity contribution in [1.29, 1.82) is 0 Å². The van der Waals surface area contributed by atoms with Crippen LogP contribution in [0.2, 0.25) is 0 Å². The van der Waals surface area contributed by atoms with Gasteiger partial charge in [0, 0.05) is 12.2 Å². The summed E-state index contributed by atoms with van der Waals surface area (Å²) in [5.74, 6) is -0.413. The number of hydrogen-bond acceptors (Lipinski definition) is 3. The highest BCUT2D eigenvalue weighted by Crippen LogP contribution is 2.19. The van der Waals surface area contributed by atoms with E-state index in [1.54, 1.807) is 31.3 Å². The predicted octanol–water partition coefficient (Wildman–Crippen LogP) is 2.35. The highest BCUT2D eigenvalue weighted by Gasteiger charge is 2.17. The van der Waals surface area contributed by atoms with E-state index in [1.807, 2.05) is 0 Å². The summed E-state index contributed by atoms with van der Waals surface area (Å²) < 4.78 is 40.0. The van der Waals surface area contributed by atoms with Crippen LogP contribution in [-0.2, 0) is 16.6 Å². The lowest BCUT2D eigenvalue weighted by atomic mass is 10.2. The van der Waals surface area contributed by atoms with E-state index >= 15 is 0 Å². The summed E-state index contributed by atoms with van der Waals surface area (Å²) >= 11 is 0. The minimum absolute atomic E-state index is 0.207. The van der Waals surface area contributed by atoms with Gasteiger partial charge in [-0.05, 0) is 42.9 Å². The lowest BCUT2D eigenvalue weighted by molar-refractivity contribution is 0.599. The van der Waals surface area contributed by atoms with E-state index in [2.05, 4.69) is 10.0 Å². The molecule has 0 aliphatic rings. The van der Waals surface area contributed by atoms with E-state index in [9.17, 15) is 12.8 Å². The molecular formula is C14H15FN2O2S. The van der Waals surface area contributed by atoms with Crippen LogP contribution in [0.25, 0.3) is 0 Å². The van der Waals surface area contributed by atoms with Crippen LogP contribution < -0.4 is 10.0 Å². The van der Waals surface area contributed by atoms with E-state index in [1.165, 1.54) is 24.3 Å². The van der Waals surface area contributed by atoms with Crippen LogP contribution in [0.5, 0.6) is 0 Å². The molecule has 0 fully saturated rings. The average molecular weight is 294 g/mol. The van der Waals surface area contributed by atoms with Gasteiger partial charge in [0.1, 0.15) is 5.82 Å². The van der Waals surface area contributed by atoms with Gasteiger partial charge < -0.3 is 5.32 Å². The number of halogens is 1. The Hall–Kier alpha value is -1.92. The number of nitrogens with one attached hydrogen (secondary N) is 2. The zero-order chi connectivity index (χ0) is 14.6. The molecule has 0 spiro atoms. The second-order valence-corrected chi connectivity index (χ2v) is 5.90. The third kappa shape index (κ3) is 3.34. The lowest BCUT2D eigenvalue weighted by Gasteiger charge is -2.12. The van der Waals surface area contributed by atoms with Crippen molar-refractivity contribution >= 4 is 15.7 Å². The fraction of sp³-hybridized carbons (Fsp3) is 0.143. The Bertz CT molecular complexity index is 685. The molecule has 2 N–H and O–H groups in total. The number of benzene rings is 2. The standard InChI is InChI=1S/C14H15FN2O2S/c1-16-10-11-4-2-3-5-14(11)20(18,19)17-13-8-6-12(15)7-9-13/h2-9,16-17H,10H2,1H3. The molecule has 6 heteroatoms. The lowest BCUT2D eigenvalue weighted by Crippen LogP contribution is -2.17. The Labute approximate surface area is 117 Å². The fourth-order valence-corrected chi connectivity index (χ4v) is 3.13. The van der Waals surface area contributed by atoms with Crippen molar-refractivity contribution in [2.24, 2.45) is 0 Å². The fourth-order valence-electron chi connectivity index (χ4n) is 1.83. The van der Waals surface area contributed by atoms with Gasteiger partial charge in [-0.2, -0.15) is 0 Å². The maximum Gasteiger partial charge on any atom is 0.262 e. The smallest absolute Gasteiger partial charge is 0.262 e. The van der Waals surface area contributed by atoms with Gasteiger partial charge in [-0.3, -0.25) is 4.72 Å². The summed E-state index contributed by atoms with van der Waals surface area (Å²) in [4.78, 5) is 0.207. The monoisotopic (exact) mass is 294 g/mol. The van der Waals surface area contributed by atoms with Crippen LogP contribution in [0.1, 0.15) is 5.56 Å². The number of hydrogen-bond donors (Lipinski definition) is 2. The molecule has 2 rings (SSSR count). The molecule has 0 heterocycles. The van der Waals surface area contributed by atoms with Crippen molar-refractivity contribution in [3.05, 3.63) is 59.9 Å².